The molecule has 0 bridgehead atoms. The number of carboxylic acid groups (broad SMARTS) is 1. The monoisotopic (exact) mass is 878 g/mol. The first kappa shape index (κ1) is 57.2. The molecule has 0 amide bonds. The number of aliphatic carboxylic acids is 1. The summed E-state index contributed by atoms with van der Waals surface area (Å²) in [5.74, 6) is -79.5. The van der Waals surface area contributed by atoms with Crippen molar-refractivity contribution in [2.24, 2.45) is 0 Å². The Morgan fingerprint density at radius 1 is 0.536 bits per heavy atom. The SMILES string of the molecule is C=C(C(=O)O)C(F)(F)C(F)(F)C(F)(F)C(F)(F)C(F)(F)C(F)(F)C(F)(F)C(F)(F)C(F)(F)CCC(F)(F)F.C=CC(=O)OCCCCCCCCCCCC.F. The van der Waals surface area contributed by atoms with Gasteiger partial charge in [-0.1, -0.05) is 77.9 Å². The van der Waals surface area contributed by atoms with Gasteiger partial charge in [-0.25, -0.2) is 9.59 Å². The standard InChI is InChI=1S/C15H7F21O2.C15H28O2.FH/c1-4(5(37)38)8(21,22)10(25,26)12(29,30)14(33,34)15(35,36)13(31,32)11(27,28)9(23,24)6(16,17)2-3-7(18,19)20;1-3-5-6-7-8-9-10-11-12-13-14-17-15(16)4-2;/h1-3H2,(H,37,38);4H,2-3,5-14H2,1H3;1H. The summed E-state index contributed by atoms with van der Waals surface area (Å²) in [6, 6.07) is 0. The average Bonchev–Trinajstić information content (AvgIpc) is 3.04. The Balaban J connectivity index is -0.00000131. The molecule has 334 valence electrons. The molecule has 0 aliphatic rings. The van der Waals surface area contributed by atoms with Gasteiger partial charge < -0.3 is 9.84 Å². The molecule has 0 radical (unpaired) electrons. The lowest BCUT2D eigenvalue weighted by Gasteiger charge is -2.44. The highest BCUT2D eigenvalue weighted by molar-refractivity contribution is 5.88. The maximum atomic E-state index is 13.6. The van der Waals surface area contributed by atoms with Crippen LogP contribution < -0.4 is 0 Å². The second-order valence-electron chi connectivity index (χ2n) is 11.8. The summed E-state index contributed by atoms with van der Waals surface area (Å²) in [6.45, 7) is 7.65. The molecule has 0 atom stereocenters. The van der Waals surface area contributed by atoms with Crippen molar-refractivity contribution in [1.82, 2.24) is 0 Å². The van der Waals surface area contributed by atoms with Gasteiger partial charge in [-0.2, -0.15) is 92.2 Å². The zero-order valence-corrected chi connectivity index (χ0v) is 28.7. The summed E-state index contributed by atoms with van der Waals surface area (Å²) in [5, 5.41) is 8.07. The molecule has 0 aliphatic carbocycles. The average molecular weight is 879 g/mol. The van der Waals surface area contributed by atoms with Crippen molar-refractivity contribution in [2.45, 2.75) is 143 Å². The number of halogens is 22. The lowest BCUT2D eigenvalue weighted by molar-refractivity contribution is -0.461. The summed E-state index contributed by atoms with van der Waals surface area (Å²) < 4.78 is 283. The fourth-order valence-electron chi connectivity index (χ4n) is 4.01. The van der Waals surface area contributed by atoms with E-state index in [2.05, 4.69) is 13.5 Å². The fraction of sp³-hybridized carbons (Fsp3) is 0.800. The van der Waals surface area contributed by atoms with Crippen molar-refractivity contribution >= 4 is 11.9 Å². The van der Waals surface area contributed by atoms with Crippen molar-refractivity contribution in [3.63, 3.8) is 0 Å². The lowest BCUT2D eigenvalue weighted by Crippen LogP contribution is -2.76. The highest BCUT2D eigenvalue weighted by Crippen LogP contribution is 2.65. The van der Waals surface area contributed by atoms with Gasteiger partial charge in [0.25, 0.3) is 0 Å². The summed E-state index contributed by atoms with van der Waals surface area (Å²) >= 11 is 0. The summed E-state index contributed by atoms with van der Waals surface area (Å²) in [6.07, 6.45) is 1.36. The van der Waals surface area contributed by atoms with Gasteiger partial charge in [0, 0.05) is 18.9 Å². The molecule has 0 spiro atoms. The molecule has 0 aromatic rings. The van der Waals surface area contributed by atoms with Crippen molar-refractivity contribution in [3.05, 3.63) is 24.8 Å². The van der Waals surface area contributed by atoms with E-state index in [-0.39, 0.29) is 10.7 Å². The highest BCUT2D eigenvalue weighted by Gasteiger charge is 2.96. The molecule has 0 fully saturated rings. The van der Waals surface area contributed by atoms with Crippen LogP contribution in [0.25, 0.3) is 0 Å². The smallest absolute Gasteiger partial charge is 0.389 e. The van der Waals surface area contributed by atoms with Gasteiger partial charge in [0.05, 0.1) is 6.61 Å². The quantitative estimate of drug-likeness (QED) is 0.0454. The zero-order valence-electron chi connectivity index (χ0n) is 28.7. The third-order valence-corrected chi connectivity index (χ3v) is 7.49. The molecule has 0 aliphatic heterocycles. The minimum absolute atomic E-state index is 0. The van der Waals surface area contributed by atoms with Crippen LogP contribution in [0.1, 0.15) is 84.0 Å². The number of rotatable bonds is 24. The van der Waals surface area contributed by atoms with Gasteiger partial charge in [-0.05, 0) is 6.42 Å². The first-order valence-corrected chi connectivity index (χ1v) is 15.6. The molecule has 56 heavy (non-hydrogen) atoms. The molecule has 0 saturated carbocycles. The number of unbranched alkanes of at least 4 members (excludes halogenated alkanes) is 9. The van der Waals surface area contributed by atoms with Crippen LogP contribution in [0.15, 0.2) is 24.8 Å². The third kappa shape index (κ3) is 12.4. The Bertz CT molecular complexity index is 1260. The van der Waals surface area contributed by atoms with E-state index < -0.39 is 83.9 Å². The van der Waals surface area contributed by atoms with Gasteiger partial charge in [0.2, 0.25) is 0 Å². The molecular formula is C30H36F22O4. The number of carbonyl (C=O) groups excluding carboxylic acids is 1. The number of alkyl halides is 21. The van der Waals surface area contributed by atoms with Gasteiger partial charge in [0.15, 0.2) is 0 Å². The van der Waals surface area contributed by atoms with E-state index in [1.165, 1.54) is 70.4 Å². The summed E-state index contributed by atoms with van der Waals surface area (Å²) in [4.78, 5) is 21.0. The van der Waals surface area contributed by atoms with E-state index in [0.717, 1.165) is 6.42 Å². The molecule has 0 aromatic heterocycles. The Labute approximate surface area is 303 Å². The second-order valence-corrected chi connectivity index (χ2v) is 11.8. The predicted octanol–water partition coefficient (Wildman–Crippen LogP) is 12.5. The lowest BCUT2D eigenvalue weighted by atomic mass is 9.85. The van der Waals surface area contributed by atoms with Crippen molar-refractivity contribution in [3.8, 4) is 0 Å². The third-order valence-electron chi connectivity index (χ3n) is 7.49. The van der Waals surface area contributed by atoms with E-state index in [9.17, 15) is 102 Å². The first-order chi connectivity index (χ1) is 24.4. The molecule has 0 saturated heterocycles. The number of esters is 1. The Kier molecular flexibility index (Phi) is 21.0. The van der Waals surface area contributed by atoms with Crippen LogP contribution in [0.4, 0.5) is 96.9 Å². The maximum Gasteiger partial charge on any atom is 0.389 e. The van der Waals surface area contributed by atoms with Crippen molar-refractivity contribution in [1.29, 1.82) is 0 Å². The normalized spacial score (nSPS) is 14.0. The van der Waals surface area contributed by atoms with Gasteiger partial charge >= 0.3 is 71.4 Å². The molecule has 1 N–H and O–H groups in total. The molecule has 0 unspecified atom stereocenters. The van der Waals surface area contributed by atoms with Crippen molar-refractivity contribution < 1.29 is 116 Å². The zero-order chi connectivity index (χ0) is 44.3. The van der Waals surface area contributed by atoms with Crippen LogP contribution in [0.5, 0.6) is 0 Å². The van der Waals surface area contributed by atoms with E-state index in [1.807, 2.05) is 0 Å². The van der Waals surface area contributed by atoms with Crippen LogP contribution >= 0.6 is 0 Å². The fourth-order valence-corrected chi connectivity index (χ4v) is 4.01. The Morgan fingerprint density at radius 3 is 1.18 bits per heavy atom. The molecule has 0 rings (SSSR count). The van der Waals surface area contributed by atoms with E-state index in [0.29, 0.717) is 6.61 Å². The summed E-state index contributed by atoms with van der Waals surface area (Å²) in [7, 11) is 0. The van der Waals surface area contributed by atoms with Crippen LogP contribution in [0.3, 0.4) is 0 Å². The van der Waals surface area contributed by atoms with Gasteiger partial charge in [-0.3, -0.25) is 4.70 Å². The van der Waals surface area contributed by atoms with Crippen LogP contribution in [0, 0.1) is 0 Å². The van der Waals surface area contributed by atoms with E-state index in [4.69, 9.17) is 9.84 Å². The van der Waals surface area contributed by atoms with Crippen LogP contribution in [-0.2, 0) is 14.3 Å². The van der Waals surface area contributed by atoms with E-state index >= 15 is 0 Å². The molecule has 4 nitrogen and oxygen atoms in total. The van der Waals surface area contributed by atoms with Gasteiger partial charge in [0.1, 0.15) is 5.57 Å². The van der Waals surface area contributed by atoms with Gasteiger partial charge in [-0.15, -0.1) is 0 Å². The molecular weight excluding hydrogens is 842 g/mol. The number of hydrogen-bond acceptors (Lipinski definition) is 3. The number of ether oxygens (including phenoxy) is 1. The predicted molar refractivity (Wildman–Crippen MR) is 152 cm³/mol. The summed E-state index contributed by atoms with van der Waals surface area (Å²) in [5.41, 5.74) is -3.51. The molecule has 26 heteroatoms. The molecule has 0 aromatic carbocycles. The van der Waals surface area contributed by atoms with E-state index in [1.54, 1.807) is 0 Å². The number of carbonyl (C=O) groups is 2. The minimum atomic E-state index is -9.12. The van der Waals surface area contributed by atoms with Crippen LogP contribution in [-0.4, -0.2) is 83.1 Å². The van der Waals surface area contributed by atoms with Crippen molar-refractivity contribution in [2.75, 3.05) is 6.61 Å². The largest absolute Gasteiger partial charge is 0.478 e. The van der Waals surface area contributed by atoms with Crippen LogP contribution in [0.2, 0.25) is 0 Å². The topological polar surface area (TPSA) is 63.6 Å². The molecule has 0 heterocycles. The Hall–Kier alpha value is -3.12. The Morgan fingerprint density at radius 2 is 0.857 bits per heavy atom. The minimum Gasteiger partial charge on any atom is -0.478 e. The maximum absolute atomic E-state index is 13.6. The first-order valence-electron chi connectivity index (χ1n) is 15.6. The number of carboxylic acids is 1. The highest BCUT2D eigenvalue weighted by atomic mass is 19.4. The second kappa shape index (κ2) is 20.5. The number of hydrogen-bond donors (Lipinski definition) is 1.